The van der Waals surface area contributed by atoms with E-state index < -0.39 is 17.5 Å². The van der Waals surface area contributed by atoms with Gasteiger partial charge in [0.25, 0.3) is 5.91 Å². The molecule has 118 valence electrons. The van der Waals surface area contributed by atoms with Crippen molar-refractivity contribution in [1.29, 1.82) is 0 Å². The molecular weight excluding hydrogens is 312 g/mol. The van der Waals surface area contributed by atoms with Gasteiger partial charge in [-0.15, -0.1) is 11.3 Å². The summed E-state index contributed by atoms with van der Waals surface area (Å²) in [5, 5.41) is 4.55. The highest BCUT2D eigenvalue weighted by Gasteiger charge is 2.50. The number of ketones is 1. The van der Waals surface area contributed by atoms with Crippen LogP contribution in [0.4, 0.5) is 4.79 Å². The summed E-state index contributed by atoms with van der Waals surface area (Å²) in [5.41, 5.74) is 0.250. The minimum Gasteiger partial charge on any atom is -0.319 e. The Kier molecular flexibility index (Phi) is 3.77. The maximum Gasteiger partial charge on any atom is 0.325 e. The predicted molar refractivity (Wildman–Crippen MR) is 87.4 cm³/mol. The van der Waals surface area contributed by atoms with E-state index in [2.05, 4.69) is 5.32 Å². The highest BCUT2D eigenvalue weighted by molar-refractivity contribution is 7.10. The average molecular weight is 328 g/mol. The van der Waals surface area contributed by atoms with E-state index >= 15 is 0 Å². The fraction of sp³-hybridized carbons (Fsp3) is 0.235. The summed E-state index contributed by atoms with van der Waals surface area (Å²) in [7, 11) is 0. The van der Waals surface area contributed by atoms with Gasteiger partial charge >= 0.3 is 6.03 Å². The number of imide groups is 1. The zero-order valence-corrected chi connectivity index (χ0v) is 13.6. The number of carbonyl (C=O) groups excluding carboxylic acids is 3. The van der Waals surface area contributed by atoms with E-state index in [1.54, 1.807) is 25.1 Å². The zero-order valence-electron chi connectivity index (χ0n) is 12.8. The molecule has 1 aromatic carbocycles. The number of nitrogens with zero attached hydrogens (tertiary/aromatic N) is 1. The Morgan fingerprint density at radius 1 is 1.22 bits per heavy atom. The van der Waals surface area contributed by atoms with Gasteiger partial charge in [-0.1, -0.05) is 30.3 Å². The first-order valence-electron chi connectivity index (χ1n) is 7.20. The molecule has 6 heteroatoms. The van der Waals surface area contributed by atoms with Crippen molar-refractivity contribution in [3.8, 4) is 0 Å². The standard InChI is InChI=1S/C17H16N2O3S/c1-11-6-3-4-7-12(11)13(20)10-19-15(21)17(2,18-16(19)22)14-8-5-9-23-14/h3-9H,10H2,1-2H3,(H,18,22). The molecule has 1 unspecified atom stereocenters. The number of amides is 3. The lowest BCUT2D eigenvalue weighted by Crippen LogP contribution is -2.40. The van der Waals surface area contributed by atoms with Crippen molar-refractivity contribution < 1.29 is 14.4 Å². The molecule has 1 fully saturated rings. The monoisotopic (exact) mass is 328 g/mol. The SMILES string of the molecule is Cc1ccccc1C(=O)CN1C(=O)NC(C)(c2cccs2)C1=O. The van der Waals surface area contributed by atoms with Gasteiger partial charge < -0.3 is 5.32 Å². The number of benzene rings is 1. The topological polar surface area (TPSA) is 66.5 Å². The first kappa shape index (κ1) is 15.4. The van der Waals surface area contributed by atoms with Crippen molar-refractivity contribution in [3.63, 3.8) is 0 Å². The molecule has 0 radical (unpaired) electrons. The van der Waals surface area contributed by atoms with Gasteiger partial charge in [0.1, 0.15) is 0 Å². The molecular formula is C17H16N2O3S. The molecule has 1 atom stereocenters. The molecule has 3 amide bonds. The van der Waals surface area contributed by atoms with Crippen molar-refractivity contribution in [1.82, 2.24) is 10.2 Å². The van der Waals surface area contributed by atoms with Crippen molar-refractivity contribution in [3.05, 3.63) is 57.8 Å². The quantitative estimate of drug-likeness (QED) is 0.693. The smallest absolute Gasteiger partial charge is 0.319 e. The van der Waals surface area contributed by atoms with Crippen LogP contribution in [0.15, 0.2) is 41.8 Å². The third-order valence-electron chi connectivity index (χ3n) is 4.04. The largest absolute Gasteiger partial charge is 0.325 e. The normalized spacial score (nSPS) is 20.7. The second-order valence-electron chi connectivity index (χ2n) is 5.66. The number of nitrogens with one attached hydrogen (secondary N) is 1. The number of carbonyl (C=O) groups is 3. The Bertz CT molecular complexity index is 785. The third kappa shape index (κ3) is 2.55. The Morgan fingerprint density at radius 3 is 2.61 bits per heavy atom. The third-order valence-corrected chi connectivity index (χ3v) is 5.13. The number of Topliss-reactive ketones (excluding diaryl/α,β-unsaturated/α-hetero) is 1. The maximum absolute atomic E-state index is 12.7. The van der Waals surface area contributed by atoms with Crippen LogP contribution in [0.3, 0.4) is 0 Å². The van der Waals surface area contributed by atoms with Crippen LogP contribution in [0.25, 0.3) is 0 Å². The summed E-state index contributed by atoms with van der Waals surface area (Å²) in [6, 6.07) is 10.2. The molecule has 5 nitrogen and oxygen atoms in total. The fourth-order valence-corrected chi connectivity index (χ4v) is 3.52. The highest BCUT2D eigenvalue weighted by Crippen LogP contribution is 2.31. The van der Waals surface area contributed by atoms with E-state index in [0.717, 1.165) is 15.3 Å². The summed E-state index contributed by atoms with van der Waals surface area (Å²) in [4.78, 5) is 39.1. The molecule has 0 spiro atoms. The lowest BCUT2D eigenvalue weighted by atomic mass is 10.00. The van der Waals surface area contributed by atoms with E-state index in [0.29, 0.717) is 5.56 Å². The van der Waals surface area contributed by atoms with Crippen LogP contribution < -0.4 is 5.32 Å². The highest BCUT2D eigenvalue weighted by atomic mass is 32.1. The molecule has 0 bridgehead atoms. The number of aryl methyl sites for hydroxylation is 1. The minimum absolute atomic E-state index is 0.248. The van der Waals surface area contributed by atoms with Crippen LogP contribution in [-0.2, 0) is 10.3 Å². The van der Waals surface area contributed by atoms with Crippen LogP contribution in [0.2, 0.25) is 0 Å². The van der Waals surface area contributed by atoms with Gasteiger partial charge in [0.05, 0.1) is 6.54 Å². The number of thiophene rings is 1. The maximum atomic E-state index is 12.7. The number of hydrogen-bond donors (Lipinski definition) is 1. The molecule has 0 saturated carbocycles. The van der Waals surface area contributed by atoms with Gasteiger partial charge in [-0.05, 0) is 30.9 Å². The number of hydrogen-bond acceptors (Lipinski definition) is 4. The zero-order chi connectivity index (χ0) is 16.6. The Balaban J connectivity index is 1.84. The molecule has 1 saturated heterocycles. The molecule has 23 heavy (non-hydrogen) atoms. The minimum atomic E-state index is -1.10. The second kappa shape index (κ2) is 5.62. The van der Waals surface area contributed by atoms with Gasteiger partial charge in [0, 0.05) is 10.4 Å². The first-order valence-corrected chi connectivity index (χ1v) is 8.08. The lowest BCUT2D eigenvalue weighted by Gasteiger charge is -2.20. The molecule has 1 aromatic heterocycles. The summed E-state index contributed by atoms with van der Waals surface area (Å²) in [6.45, 7) is 3.24. The van der Waals surface area contributed by atoms with Crippen molar-refractivity contribution in [2.24, 2.45) is 0 Å². The Morgan fingerprint density at radius 2 is 1.96 bits per heavy atom. The van der Waals surface area contributed by atoms with Crippen molar-refractivity contribution >= 4 is 29.1 Å². The van der Waals surface area contributed by atoms with E-state index in [1.165, 1.54) is 11.3 Å². The lowest BCUT2D eigenvalue weighted by molar-refractivity contribution is -0.130. The molecule has 1 N–H and O–H groups in total. The number of rotatable bonds is 4. The van der Waals surface area contributed by atoms with Crippen molar-refractivity contribution in [2.45, 2.75) is 19.4 Å². The molecule has 0 aliphatic carbocycles. The van der Waals surface area contributed by atoms with Crippen LogP contribution in [0.1, 0.15) is 27.7 Å². The van der Waals surface area contributed by atoms with E-state index in [-0.39, 0.29) is 12.3 Å². The Labute approximate surface area is 137 Å². The predicted octanol–water partition coefficient (Wildman–Crippen LogP) is 2.71. The summed E-state index contributed by atoms with van der Waals surface area (Å²) < 4.78 is 0. The van der Waals surface area contributed by atoms with Crippen LogP contribution in [0, 0.1) is 6.92 Å². The van der Waals surface area contributed by atoms with E-state index in [1.807, 2.05) is 30.5 Å². The first-order chi connectivity index (χ1) is 10.9. The molecule has 1 aliphatic rings. The molecule has 3 rings (SSSR count). The van der Waals surface area contributed by atoms with Crippen LogP contribution >= 0.6 is 11.3 Å². The molecule has 1 aliphatic heterocycles. The summed E-state index contributed by atoms with van der Waals surface area (Å²) >= 11 is 1.40. The van der Waals surface area contributed by atoms with Crippen LogP contribution in [0.5, 0.6) is 0 Å². The van der Waals surface area contributed by atoms with E-state index in [9.17, 15) is 14.4 Å². The summed E-state index contributed by atoms with van der Waals surface area (Å²) in [6.07, 6.45) is 0. The number of urea groups is 1. The Hall–Kier alpha value is -2.47. The average Bonchev–Trinajstić information content (AvgIpc) is 3.12. The van der Waals surface area contributed by atoms with Crippen LogP contribution in [-0.4, -0.2) is 29.2 Å². The van der Waals surface area contributed by atoms with Crippen molar-refractivity contribution in [2.75, 3.05) is 6.54 Å². The van der Waals surface area contributed by atoms with Gasteiger partial charge in [0.15, 0.2) is 11.3 Å². The second-order valence-corrected chi connectivity index (χ2v) is 6.61. The molecule has 2 aromatic rings. The summed E-state index contributed by atoms with van der Waals surface area (Å²) in [5.74, 6) is -0.645. The molecule has 2 heterocycles. The van der Waals surface area contributed by atoms with Gasteiger partial charge in [-0.25, -0.2) is 4.79 Å². The van der Waals surface area contributed by atoms with Gasteiger partial charge in [0.2, 0.25) is 0 Å². The van der Waals surface area contributed by atoms with Gasteiger partial charge in [-0.3, -0.25) is 14.5 Å². The fourth-order valence-electron chi connectivity index (χ4n) is 2.69. The van der Waals surface area contributed by atoms with E-state index in [4.69, 9.17) is 0 Å². The van der Waals surface area contributed by atoms with Gasteiger partial charge in [-0.2, -0.15) is 0 Å².